The SMILES string of the molecule is CCN(CC)C(=O)On1nnc2ccccc21. The number of amides is 1. The van der Waals surface area contributed by atoms with E-state index in [4.69, 9.17) is 4.84 Å². The Bertz CT molecular complexity index is 519. The number of aromatic nitrogens is 3. The molecule has 2 aromatic rings. The monoisotopic (exact) mass is 234 g/mol. The van der Waals surface area contributed by atoms with Crippen LogP contribution in [0.4, 0.5) is 4.79 Å². The Balaban J connectivity index is 2.21. The van der Waals surface area contributed by atoms with Gasteiger partial charge < -0.3 is 4.90 Å². The van der Waals surface area contributed by atoms with Gasteiger partial charge in [0.25, 0.3) is 0 Å². The zero-order chi connectivity index (χ0) is 12.3. The van der Waals surface area contributed by atoms with Gasteiger partial charge in [0, 0.05) is 13.1 Å². The third-order valence-electron chi connectivity index (χ3n) is 2.51. The van der Waals surface area contributed by atoms with Crippen molar-refractivity contribution in [3.63, 3.8) is 0 Å². The number of benzene rings is 1. The van der Waals surface area contributed by atoms with E-state index in [1.807, 2.05) is 32.0 Å². The smallest absolute Gasteiger partial charge is 0.307 e. The molecule has 1 amide bonds. The Morgan fingerprint density at radius 2 is 2.06 bits per heavy atom. The highest BCUT2D eigenvalue weighted by Crippen LogP contribution is 2.08. The van der Waals surface area contributed by atoms with Crippen molar-refractivity contribution in [3.8, 4) is 0 Å². The first kappa shape index (κ1) is 11.4. The Hall–Kier alpha value is -2.11. The molecule has 0 fully saturated rings. The van der Waals surface area contributed by atoms with Crippen LogP contribution in [0.2, 0.25) is 0 Å². The maximum atomic E-state index is 11.7. The van der Waals surface area contributed by atoms with Crippen molar-refractivity contribution in [2.24, 2.45) is 0 Å². The van der Waals surface area contributed by atoms with Crippen LogP contribution >= 0.6 is 0 Å². The standard InChI is InChI=1S/C11H14N4O2/c1-3-14(4-2)11(16)17-15-10-8-6-5-7-9(10)12-13-15/h5-8H,3-4H2,1-2H3. The molecule has 0 saturated heterocycles. The van der Waals surface area contributed by atoms with Gasteiger partial charge in [0.15, 0.2) is 0 Å². The van der Waals surface area contributed by atoms with Crippen LogP contribution in [0.1, 0.15) is 13.8 Å². The third kappa shape index (κ3) is 2.20. The van der Waals surface area contributed by atoms with Crippen LogP contribution in [0.3, 0.4) is 0 Å². The molecule has 1 aromatic carbocycles. The van der Waals surface area contributed by atoms with Gasteiger partial charge >= 0.3 is 6.09 Å². The van der Waals surface area contributed by atoms with Crippen LogP contribution < -0.4 is 4.84 Å². The van der Waals surface area contributed by atoms with Crippen LogP contribution in [0.15, 0.2) is 24.3 Å². The van der Waals surface area contributed by atoms with E-state index in [0.717, 1.165) is 4.85 Å². The van der Waals surface area contributed by atoms with Crippen molar-refractivity contribution < 1.29 is 9.63 Å². The highest BCUT2D eigenvalue weighted by molar-refractivity contribution is 5.75. The van der Waals surface area contributed by atoms with E-state index in [1.54, 1.807) is 11.0 Å². The lowest BCUT2D eigenvalue weighted by atomic mass is 10.3. The third-order valence-corrected chi connectivity index (χ3v) is 2.51. The zero-order valence-corrected chi connectivity index (χ0v) is 9.83. The second-order valence-electron chi connectivity index (χ2n) is 3.48. The van der Waals surface area contributed by atoms with E-state index in [-0.39, 0.29) is 0 Å². The predicted octanol–water partition coefficient (Wildman–Crippen LogP) is 1.32. The van der Waals surface area contributed by atoms with E-state index in [2.05, 4.69) is 10.3 Å². The molecule has 6 heteroatoms. The number of nitrogens with zero attached hydrogens (tertiary/aromatic N) is 4. The first-order chi connectivity index (χ1) is 8.26. The van der Waals surface area contributed by atoms with Gasteiger partial charge in [-0.05, 0) is 31.2 Å². The molecule has 90 valence electrons. The number of carbonyl (C=O) groups is 1. The maximum Gasteiger partial charge on any atom is 0.435 e. The van der Waals surface area contributed by atoms with Crippen molar-refractivity contribution in [1.82, 2.24) is 20.1 Å². The molecule has 17 heavy (non-hydrogen) atoms. The maximum absolute atomic E-state index is 11.7. The highest BCUT2D eigenvalue weighted by atomic mass is 16.7. The molecule has 0 saturated carbocycles. The molecular weight excluding hydrogens is 220 g/mol. The summed E-state index contributed by atoms with van der Waals surface area (Å²) in [6.07, 6.45) is -0.425. The lowest BCUT2D eigenvalue weighted by molar-refractivity contribution is 0.0844. The fraction of sp³-hybridized carbons (Fsp3) is 0.364. The number of fused-ring (bicyclic) bond motifs is 1. The van der Waals surface area contributed by atoms with Gasteiger partial charge in [-0.2, -0.15) is 0 Å². The van der Waals surface area contributed by atoms with E-state index >= 15 is 0 Å². The number of hydrogen-bond acceptors (Lipinski definition) is 4. The van der Waals surface area contributed by atoms with Crippen molar-refractivity contribution in [3.05, 3.63) is 24.3 Å². The summed E-state index contributed by atoms with van der Waals surface area (Å²) in [6.45, 7) is 4.98. The summed E-state index contributed by atoms with van der Waals surface area (Å²) in [4.78, 5) is 19.6. The second-order valence-corrected chi connectivity index (χ2v) is 3.48. The summed E-state index contributed by atoms with van der Waals surface area (Å²) in [5, 5.41) is 7.68. The number of hydrogen-bond donors (Lipinski definition) is 0. The molecule has 0 unspecified atom stereocenters. The Kier molecular flexibility index (Phi) is 3.22. The molecule has 1 aromatic heterocycles. The average Bonchev–Trinajstić information content (AvgIpc) is 2.74. The quantitative estimate of drug-likeness (QED) is 0.751. The number of rotatable bonds is 3. The van der Waals surface area contributed by atoms with E-state index < -0.39 is 6.09 Å². The van der Waals surface area contributed by atoms with Gasteiger partial charge in [-0.3, -0.25) is 4.84 Å². The molecule has 0 aliphatic heterocycles. The fourth-order valence-corrected chi connectivity index (χ4v) is 1.53. The fourth-order valence-electron chi connectivity index (χ4n) is 1.53. The molecule has 0 aliphatic carbocycles. The summed E-state index contributed by atoms with van der Waals surface area (Å²) in [7, 11) is 0. The van der Waals surface area contributed by atoms with Gasteiger partial charge in [0.1, 0.15) is 11.0 Å². The normalized spacial score (nSPS) is 10.5. The van der Waals surface area contributed by atoms with Crippen LogP contribution in [-0.2, 0) is 0 Å². The average molecular weight is 234 g/mol. The van der Waals surface area contributed by atoms with Crippen LogP contribution in [0.5, 0.6) is 0 Å². The summed E-state index contributed by atoms with van der Waals surface area (Å²) in [5.74, 6) is 0. The summed E-state index contributed by atoms with van der Waals surface area (Å²) in [5.41, 5.74) is 1.37. The first-order valence-electron chi connectivity index (χ1n) is 5.54. The Morgan fingerprint density at radius 1 is 1.35 bits per heavy atom. The molecule has 0 radical (unpaired) electrons. The first-order valence-corrected chi connectivity index (χ1v) is 5.54. The molecule has 0 atom stereocenters. The molecule has 1 heterocycles. The lowest BCUT2D eigenvalue weighted by Gasteiger charge is -2.16. The Labute approximate surface area is 98.7 Å². The lowest BCUT2D eigenvalue weighted by Crippen LogP contribution is -2.37. The molecule has 2 rings (SSSR count). The van der Waals surface area contributed by atoms with Crippen LogP contribution in [0.25, 0.3) is 11.0 Å². The number of carbonyl (C=O) groups excluding carboxylic acids is 1. The molecular formula is C11H14N4O2. The van der Waals surface area contributed by atoms with Gasteiger partial charge in [0.05, 0.1) is 0 Å². The summed E-state index contributed by atoms with van der Waals surface area (Å²) in [6, 6.07) is 7.30. The number of para-hydroxylation sites is 1. The topological polar surface area (TPSA) is 60.2 Å². The second kappa shape index (κ2) is 4.82. The summed E-state index contributed by atoms with van der Waals surface area (Å²) < 4.78 is 0. The van der Waals surface area contributed by atoms with Crippen LogP contribution in [-0.4, -0.2) is 39.2 Å². The Morgan fingerprint density at radius 3 is 2.76 bits per heavy atom. The zero-order valence-electron chi connectivity index (χ0n) is 9.83. The molecule has 0 N–H and O–H groups in total. The van der Waals surface area contributed by atoms with Crippen molar-refractivity contribution in [1.29, 1.82) is 0 Å². The largest absolute Gasteiger partial charge is 0.435 e. The van der Waals surface area contributed by atoms with Crippen LogP contribution in [0, 0.1) is 0 Å². The summed E-state index contributed by atoms with van der Waals surface area (Å²) >= 11 is 0. The van der Waals surface area contributed by atoms with Gasteiger partial charge in [-0.1, -0.05) is 17.0 Å². The van der Waals surface area contributed by atoms with E-state index in [1.165, 1.54) is 0 Å². The van der Waals surface area contributed by atoms with Gasteiger partial charge in [-0.25, -0.2) is 4.79 Å². The minimum absolute atomic E-state index is 0.425. The predicted molar refractivity (Wildman–Crippen MR) is 62.4 cm³/mol. The molecule has 0 aliphatic rings. The minimum atomic E-state index is -0.425. The molecule has 0 spiro atoms. The highest BCUT2D eigenvalue weighted by Gasteiger charge is 2.14. The van der Waals surface area contributed by atoms with Gasteiger partial charge in [0.2, 0.25) is 0 Å². The van der Waals surface area contributed by atoms with E-state index in [0.29, 0.717) is 24.1 Å². The van der Waals surface area contributed by atoms with Crippen molar-refractivity contribution in [2.75, 3.05) is 13.1 Å². The minimum Gasteiger partial charge on any atom is -0.307 e. The van der Waals surface area contributed by atoms with E-state index in [9.17, 15) is 4.79 Å². The van der Waals surface area contributed by atoms with Crippen molar-refractivity contribution in [2.45, 2.75) is 13.8 Å². The molecule has 6 nitrogen and oxygen atoms in total. The van der Waals surface area contributed by atoms with Gasteiger partial charge in [-0.15, -0.1) is 5.10 Å². The molecule has 0 bridgehead atoms. The van der Waals surface area contributed by atoms with Crippen molar-refractivity contribution >= 4 is 17.1 Å².